The first-order valence-corrected chi connectivity index (χ1v) is 11.0. The fourth-order valence-electron chi connectivity index (χ4n) is 3.51. The van der Waals surface area contributed by atoms with Crippen molar-refractivity contribution < 1.29 is 8.42 Å². The molecule has 0 fully saturated rings. The van der Waals surface area contributed by atoms with Gasteiger partial charge in [0.1, 0.15) is 0 Å². The van der Waals surface area contributed by atoms with Gasteiger partial charge in [-0.25, -0.2) is 8.42 Å². The predicted molar refractivity (Wildman–Crippen MR) is 127 cm³/mol. The molecule has 0 aliphatic carbocycles. The summed E-state index contributed by atoms with van der Waals surface area (Å²) in [7, 11) is -4.00. The van der Waals surface area contributed by atoms with Gasteiger partial charge in [-0.2, -0.15) is 0 Å². The Kier molecular flexibility index (Phi) is 5.04. The molecule has 0 aromatic heterocycles. The lowest BCUT2D eigenvalue weighted by Crippen LogP contribution is -2.10. The molecule has 0 atom stereocenters. The zero-order valence-corrected chi connectivity index (χ0v) is 17.4. The summed E-state index contributed by atoms with van der Waals surface area (Å²) in [4.78, 5) is 0.0768. The Labute approximate surface area is 181 Å². The molecule has 0 heterocycles. The van der Waals surface area contributed by atoms with Crippen LogP contribution in [0.4, 0.5) is 22.7 Å². The molecule has 156 valence electrons. The van der Waals surface area contributed by atoms with Crippen LogP contribution in [0.5, 0.6) is 0 Å². The van der Waals surface area contributed by atoms with Gasteiger partial charge in [0, 0.05) is 11.1 Å². The molecule has 0 spiro atoms. The first kappa shape index (κ1) is 20.3. The molecule has 0 amide bonds. The highest BCUT2D eigenvalue weighted by molar-refractivity contribution is 7.91. The second-order valence-electron chi connectivity index (χ2n) is 7.15. The van der Waals surface area contributed by atoms with Gasteiger partial charge in [0.2, 0.25) is 9.84 Å². The molecule has 0 unspecified atom stereocenters. The van der Waals surface area contributed by atoms with Crippen LogP contribution in [-0.4, -0.2) is 8.42 Å². The summed E-state index contributed by atoms with van der Waals surface area (Å²) in [6.07, 6.45) is 0. The van der Waals surface area contributed by atoms with Crippen molar-refractivity contribution in [2.45, 2.75) is 9.79 Å². The van der Waals surface area contributed by atoms with E-state index in [-0.39, 0.29) is 21.2 Å². The lowest BCUT2D eigenvalue weighted by Gasteiger charge is -2.19. The van der Waals surface area contributed by atoms with E-state index in [1.165, 1.54) is 18.2 Å². The summed E-state index contributed by atoms with van der Waals surface area (Å²) in [5, 5.41) is 0. The van der Waals surface area contributed by atoms with Gasteiger partial charge in [-0.3, -0.25) is 0 Å². The number of benzene rings is 4. The van der Waals surface area contributed by atoms with Crippen molar-refractivity contribution in [1.29, 1.82) is 0 Å². The normalized spacial score (nSPS) is 11.4. The Bertz CT molecular complexity index is 1370. The number of anilines is 4. The molecule has 8 N–H and O–H groups in total. The van der Waals surface area contributed by atoms with Crippen LogP contribution in [-0.2, 0) is 9.84 Å². The van der Waals surface area contributed by atoms with Crippen molar-refractivity contribution in [3.8, 4) is 22.3 Å². The maximum atomic E-state index is 13.7. The van der Waals surface area contributed by atoms with E-state index in [4.69, 9.17) is 22.9 Å². The van der Waals surface area contributed by atoms with E-state index < -0.39 is 9.84 Å². The van der Waals surface area contributed by atoms with Crippen LogP contribution in [0.25, 0.3) is 22.3 Å². The lowest BCUT2D eigenvalue weighted by molar-refractivity contribution is 0.596. The van der Waals surface area contributed by atoms with E-state index >= 15 is 0 Å². The monoisotopic (exact) mass is 430 g/mol. The van der Waals surface area contributed by atoms with Gasteiger partial charge < -0.3 is 22.9 Å². The third-order valence-corrected chi connectivity index (χ3v) is 6.95. The van der Waals surface area contributed by atoms with Gasteiger partial charge in [0.05, 0.1) is 32.5 Å². The Morgan fingerprint density at radius 3 is 1.74 bits per heavy atom. The minimum atomic E-state index is -4.00. The zero-order valence-electron chi connectivity index (χ0n) is 16.6. The molecule has 4 rings (SSSR count). The number of hydrogen-bond acceptors (Lipinski definition) is 6. The molecule has 4 aromatic carbocycles. The Balaban J connectivity index is 2.07. The minimum Gasteiger partial charge on any atom is -0.397 e. The maximum absolute atomic E-state index is 13.7. The molecule has 0 radical (unpaired) electrons. The predicted octanol–water partition coefficient (Wildman–Crippen LogP) is 4.18. The highest BCUT2D eigenvalue weighted by Gasteiger charge is 2.27. The van der Waals surface area contributed by atoms with Gasteiger partial charge in [-0.15, -0.1) is 0 Å². The van der Waals surface area contributed by atoms with Gasteiger partial charge in [0.25, 0.3) is 0 Å². The van der Waals surface area contributed by atoms with Gasteiger partial charge >= 0.3 is 0 Å². The van der Waals surface area contributed by atoms with E-state index in [0.717, 1.165) is 5.56 Å². The van der Waals surface area contributed by atoms with E-state index in [1.54, 1.807) is 18.2 Å². The summed E-state index contributed by atoms with van der Waals surface area (Å²) in [5.41, 5.74) is 27.8. The average molecular weight is 431 g/mol. The number of hydrogen-bond donors (Lipinski definition) is 4. The standard InChI is InChI=1S/C24H22N4O2S/c25-19-12-11-17(13-20(19)26)31(29,30)21-14-18(15-7-3-1-4-8-15)23(27)24(28)22(21)16-9-5-2-6-10-16/h1-14H,25-28H2. The van der Waals surface area contributed by atoms with Crippen LogP contribution in [0.3, 0.4) is 0 Å². The van der Waals surface area contributed by atoms with E-state index in [9.17, 15) is 8.42 Å². The van der Waals surface area contributed by atoms with E-state index in [1.807, 2.05) is 48.5 Å². The Morgan fingerprint density at radius 2 is 1.16 bits per heavy atom. The van der Waals surface area contributed by atoms with Crippen LogP contribution in [0.2, 0.25) is 0 Å². The Morgan fingerprint density at radius 1 is 0.581 bits per heavy atom. The molecule has 6 nitrogen and oxygen atoms in total. The number of nitrogen functional groups attached to an aromatic ring is 4. The van der Waals surface area contributed by atoms with Gasteiger partial charge in [-0.05, 0) is 35.4 Å². The minimum absolute atomic E-state index is 0.0274. The fourth-order valence-corrected chi connectivity index (χ4v) is 5.06. The SMILES string of the molecule is Nc1ccc(S(=O)(=O)c2cc(-c3ccccc3)c(N)c(N)c2-c2ccccc2)cc1N. The third-order valence-electron chi connectivity index (χ3n) is 5.18. The topological polar surface area (TPSA) is 138 Å². The molecule has 0 saturated carbocycles. The molecule has 0 bridgehead atoms. The van der Waals surface area contributed by atoms with Crippen molar-refractivity contribution in [3.63, 3.8) is 0 Å². The average Bonchev–Trinajstić information content (AvgIpc) is 2.78. The summed E-state index contributed by atoms with van der Waals surface area (Å²) in [6.45, 7) is 0. The zero-order chi connectivity index (χ0) is 22.2. The maximum Gasteiger partial charge on any atom is 0.207 e. The Hall–Kier alpha value is -3.97. The second-order valence-corrected chi connectivity index (χ2v) is 9.07. The van der Waals surface area contributed by atoms with Crippen LogP contribution in [0, 0.1) is 0 Å². The van der Waals surface area contributed by atoms with E-state index in [2.05, 4.69) is 0 Å². The first-order valence-electron chi connectivity index (χ1n) is 9.53. The van der Waals surface area contributed by atoms with Crippen LogP contribution >= 0.6 is 0 Å². The molecular formula is C24H22N4O2S. The molecule has 7 heteroatoms. The molecule has 31 heavy (non-hydrogen) atoms. The quantitative estimate of drug-likeness (QED) is 0.358. The van der Waals surface area contributed by atoms with Crippen LogP contribution in [0.1, 0.15) is 0 Å². The van der Waals surface area contributed by atoms with Crippen molar-refractivity contribution in [1.82, 2.24) is 0 Å². The van der Waals surface area contributed by atoms with Crippen LogP contribution in [0.15, 0.2) is 94.7 Å². The van der Waals surface area contributed by atoms with Gasteiger partial charge in [0.15, 0.2) is 0 Å². The molecule has 0 aliphatic rings. The van der Waals surface area contributed by atoms with Gasteiger partial charge in [-0.1, -0.05) is 60.7 Å². The highest BCUT2D eigenvalue weighted by atomic mass is 32.2. The smallest absolute Gasteiger partial charge is 0.207 e. The third kappa shape index (κ3) is 3.55. The lowest BCUT2D eigenvalue weighted by atomic mass is 9.96. The van der Waals surface area contributed by atoms with Crippen molar-refractivity contribution in [2.24, 2.45) is 0 Å². The van der Waals surface area contributed by atoms with E-state index in [0.29, 0.717) is 28.1 Å². The molecule has 0 aliphatic heterocycles. The molecule has 0 saturated heterocycles. The second kappa shape index (κ2) is 7.70. The van der Waals surface area contributed by atoms with Crippen molar-refractivity contribution in [2.75, 3.05) is 22.9 Å². The summed E-state index contributed by atoms with van der Waals surface area (Å²) < 4.78 is 27.5. The highest BCUT2D eigenvalue weighted by Crippen LogP contribution is 2.44. The first-order chi connectivity index (χ1) is 14.8. The van der Waals surface area contributed by atoms with Crippen molar-refractivity contribution >= 4 is 32.6 Å². The summed E-state index contributed by atoms with van der Waals surface area (Å²) in [5.74, 6) is 0. The number of rotatable bonds is 4. The molecule has 4 aromatic rings. The fraction of sp³-hybridized carbons (Fsp3) is 0. The van der Waals surface area contributed by atoms with Crippen LogP contribution < -0.4 is 22.9 Å². The largest absolute Gasteiger partial charge is 0.397 e. The summed E-state index contributed by atoms with van der Waals surface area (Å²) >= 11 is 0. The molecular weight excluding hydrogens is 408 g/mol. The van der Waals surface area contributed by atoms with Crippen molar-refractivity contribution in [3.05, 3.63) is 84.9 Å². The number of sulfone groups is 1. The number of nitrogens with two attached hydrogens (primary N) is 4. The summed E-state index contributed by atoms with van der Waals surface area (Å²) in [6, 6.07) is 24.2.